The molecule has 2 aromatic rings. The summed E-state index contributed by atoms with van der Waals surface area (Å²) in [4.78, 5) is 6.32. The molecule has 0 saturated heterocycles. The van der Waals surface area contributed by atoms with Crippen molar-refractivity contribution in [3.05, 3.63) is 39.4 Å². The third-order valence-corrected chi connectivity index (χ3v) is 3.74. The molecule has 2 heterocycles. The summed E-state index contributed by atoms with van der Waals surface area (Å²) in [7, 11) is 0. The van der Waals surface area contributed by atoms with Crippen molar-refractivity contribution in [2.45, 2.75) is 0 Å². The normalized spacial score (nSPS) is 12.7. The molecule has 1 aliphatic heterocycles. The van der Waals surface area contributed by atoms with E-state index in [-0.39, 0.29) is 6.61 Å². The predicted molar refractivity (Wildman–Crippen MR) is 80.2 cm³/mol. The van der Waals surface area contributed by atoms with Crippen molar-refractivity contribution in [1.82, 2.24) is 4.98 Å². The summed E-state index contributed by atoms with van der Waals surface area (Å²) in [5, 5.41) is 9.25. The Balaban J connectivity index is 2.14. The molecule has 4 nitrogen and oxygen atoms in total. The van der Waals surface area contributed by atoms with Crippen LogP contribution in [0.15, 0.2) is 39.4 Å². The quantitative estimate of drug-likeness (QED) is 0.852. The van der Waals surface area contributed by atoms with Crippen molar-refractivity contribution in [2.75, 3.05) is 18.1 Å². The number of aromatic nitrogens is 1. The Hall–Kier alpha value is -1.11. The van der Waals surface area contributed by atoms with Gasteiger partial charge in [-0.3, -0.25) is 0 Å². The number of ether oxygens (including phenoxy) is 1. The fraction of sp³-hybridized carbons (Fsp3) is 0.154. The van der Waals surface area contributed by atoms with Crippen LogP contribution in [-0.4, -0.2) is 23.2 Å². The molecule has 0 spiro atoms. The first-order valence-electron chi connectivity index (χ1n) is 5.70. The van der Waals surface area contributed by atoms with Crippen LogP contribution < -0.4 is 9.64 Å². The molecule has 1 N–H and O–H groups in total. The van der Waals surface area contributed by atoms with Crippen molar-refractivity contribution in [2.24, 2.45) is 0 Å². The lowest BCUT2D eigenvalue weighted by Crippen LogP contribution is -2.25. The Bertz CT molecular complexity index is 583. The largest absolute Gasteiger partial charge is 0.451 e. The first-order chi connectivity index (χ1) is 9.19. The van der Waals surface area contributed by atoms with E-state index in [0.717, 1.165) is 20.4 Å². The van der Waals surface area contributed by atoms with Crippen molar-refractivity contribution in [3.63, 3.8) is 0 Å². The van der Waals surface area contributed by atoms with Gasteiger partial charge in [0.2, 0.25) is 0 Å². The van der Waals surface area contributed by atoms with Crippen LogP contribution in [0.1, 0.15) is 0 Å². The standard InChI is InChI=1S/C13H10Br2N2O2/c14-8-1-2-10-11(5-8)19-12-6-9(15)7-16-13(12)17(10)3-4-18/h1-2,5-7,18H,3-4H2. The Labute approximate surface area is 127 Å². The summed E-state index contributed by atoms with van der Waals surface area (Å²) in [6, 6.07) is 7.66. The molecule has 0 atom stereocenters. The van der Waals surface area contributed by atoms with E-state index in [4.69, 9.17) is 4.74 Å². The minimum absolute atomic E-state index is 0.0483. The van der Waals surface area contributed by atoms with Crippen LogP contribution in [0, 0.1) is 0 Å². The summed E-state index contributed by atoms with van der Waals surface area (Å²) in [5.74, 6) is 2.13. The van der Waals surface area contributed by atoms with Crippen LogP contribution in [0.25, 0.3) is 0 Å². The highest BCUT2D eigenvalue weighted by Gasteiger charge is 2.25. The second kappa shape index (κ2) is 5.11. The van der Waals surface area contributed by atoms with Gasteiger partial charge in [-0.2, -0.15) is 0 Å². The molecule has 0 saturated carbocycles. The van der Waals surface area contributed by atoms with Gasteiger partial charge in [0.25, 0.3) is 0 Å². The fourth-order valence-electron chi connectivity index (χ4n) is 2.04. The molecule has 6 heteroatoms. The van der Waals surface area contributed by atoms with Crippen molar-refractivity contribution in [1.29, 1.82) is 0 Å². The molecule has 0 aliphatic carbocycles. The fourth-order valence-corrected chi connectivity index (χ4v) is 2.69. The maximum atomic E-state index is 9.25. The minimum atomic E-state index is 0.0483. The molecule has 0 radical (unpaired) electrons. The molecule has 1 aromatic carbocycles. The average molecular weight is 386 g/mol. The second-order valence-corrected chi connectivity index (χ2v) is 5.90. The molecule has 0 bridgehead atoms. The number of aliphatic hydroxyl groups excluding tert-OH is 1. The van der Waals surface area contributed by atoms with E-state index in [1.54, 1.807) is 6.20 Å². The SMILES string of the molecule is OCCN1c2ccc(Br)cc2Oc2cc(Br)cnc21. The van der Waals surface area contributed by atoms with Crippen molar-refractivity contribution >= 4 is 43.4 Å². The van der Waals surface area contributed by atoms with Crippen LogP contribution >= 0.6 is 31.9 Å². The van der Waals surface area contributed by atoms with E-state index < -0.39 is 0 Å². The lowest BCUT2D eigenvalue weighted by atomic mass is 10.2. The average Bonchev–Trinajstić information content (AvgIpc) is 2.37. The molecule has 19 heavy (non-hydrogen) atoms. The van der Waals surface area contributed by atoms with Gasteiger partial charge in [0.1, 0.15) is 0 Å². The Morgan fingerprint density at radius 3 is 2.74 bits per heavy atom. The predicted octanol–water partition coefficient (Wildman–Crippen LogP) is 3.84. The first-order valence-corrected chi connectivity index (χ1v) is 7.29. The van der Waals surface area contributed by atoms with Crippen LogP contribution in [0.5, 0.6) is 11.5 Å². The zero-order chi connectivity index (χ0) is 13.4. The molecule has 1 aromatic heterocycles. The zero-order valence-electron chi connectivity index (χ0n) is 9.81. The smallest absolute Gasteiger partial charge is 0.176 e. The maximum absolute atomic E-state index is 9.25. The molecule has 0 unspecified atom stereocenters. The topological polar surface area (TPSA) is 45.6 Å². The molecule has 1 aliphatic rings. The van der Waals surface area contributed by atoms with Crippen LogP contribution in [0.2, 0.25) is 0 Å². The molecule has 98 valence electrons. The number of hydrogen-bond acceptors (Lipinski definition) is 4. The van der Waals surface area contributed by atoms with Crippen LogP contribution in [-0.2, 0) is 0 Å². The number of hydrogen-bond donors (Lipinski definition) is 1. The number of pyridine rings is 1. The number of benzene rings is 1. The Morgan fingerprint density at radius 1 is 1.16 bits per heavy atom. The van der Waals surface area contributed by atoms with Gasteiger partial charge in [0, 0.05) is 27.8 Å². The van der Waals surface area contributed by atoms with Gasteiger partial charge in [0.05, 0.1) is 12.3 Å². The van der Waals surface area contributed by atoms with E-state index in [2.05, 4.69) is 36.8 Å². The lowest BCUT2D eigenvalue weighted by Gasteiger charge is -2.31. The van der Waals surface area contributed by atoms with Gasteiger partial charge in [-0.1, -0.05) is 15.9 Å². The van der Waals surface area contributed by atoms with Gasteiger partial charge in [-0.15, -0.1) is 0 Å². The minimum Gasteiger partial charge on any atom is -0.451 e. The third-order valence-electron chi connectivity index (χ3n) is 2.81. The highest BCUT2D eigenvalue weighted by Crippen LogP contribution is 2.46. The van der Waals surface area contributed by atoms with Gasteiger partial charge < -0.3 is 14.7 Å². The molecule has 3 rings (SSSR count). The second-order valence-electron chi connectivity index (χ2n) is 4.06. The number of anilines is 2. The van der Waals surface area contributed by atoms with E-state index >= 15 is 0 Å². The van der Waals surface area contributed by atoms with Gasteiger partial charge in [0.15, 0.2) is 17.3 Å². The zero-order valence-corrected chi connectivity index (χ0v) is 13.0. The summed E-state index contributed by atoms with van der Waals surface area (Å²) in [6.07, 6.45) is 1.72. The Kier molecular flexibility index (Phi) is 3.47. The number of fused-ring (bicyclic) bond motifs is 2. The van der Waals surface area contributed by atoms with E-state index in [1.165, 1.54) is 0 Å². The summed E-state index contributed by atoms with van der Waals surface area (Å²) in [6.45, 7) is 0.520. The lowest BCUT2D eigenvalue weighted by molar-refractivity contribution is 0.304. The summed E-state index contributed by atoms with van der Waals surface area (Å²) in [5.41, 5.74) is 0.902. The number of β-amino-alcohol motifs (C(OH)–C–C–N with tert-alkyl or cyclic N) is 1. The highest BCUT2D eigenvalue weighted by atomic mass is 79.9. The molecule has 0 fully saturated rings. The highest BCUT2D eigenvalue weighted by molar-refractivity contribution is 9.10. The molecule has 0 amide bonds. The van der Waals surface area contributed by atoms with Gasteiger partial charge in [-0.05, 0) is 34.1 Å². The third kappa shape index (κ3) is 2.35. The van der Waals surface area contributed by atoms with Gasteiger partial charge in [-0.25, -0.2) is 4.98 Å². The number of halogens is 2. The monoisotopic (exact) mass is 384 g/mol. The summed E-state index contributed by atoms with van der Waals surface area (Å²) >= 11 is 6.82. The van der Waals surface area contributed by atoms with E-state index in [1.807, 2.05) is 29.2 Å². The number of nitrogens with zero attached hydrogens (tertiary/aromatic N) is 2. The van der Waals surface area contributed by atoms with E-state index in [0.29, 0.717) is 18.1 Å². The van der Waals surface area contributed by atoms with E-state index in [9.17, 15) is 5.11 Å². The van der Waals surface area contributed by atoms with Crippen LogP contribution in [0.4, 0.5) is 11.5 Å². The summed E-state index contributed by atoms with van der Waals surface area (Å²) < 4.78 is 7.67. The number of rotatable bonds is 2. The Morgan fingerprint density at radius 2 is 1.95 bits per heavy atom. The van der Waals surface area contributed by atoms with Crippen molar-refractivity contribution < 1.29 is 9.84 Å². The van der Waals surface area contributed by atoms with Gasteiger partial charge >= 0.3 is 0 Å². The van der Waals surface area contributed by atoms with Crippen molar-refractivity contribution in [3.8, 4) is 11.5 Å². The maximum Gasteiger partial charge on any atom is 0.176 e. The number of aliphatic hydroxyl groups is 1. The first kappa shape index (κ1) is 12.9. The van der Waals surface area contributed by atoms with Crippen LogP contribution in [0.3, 0.4) is 0 Å². The molecular formula is C13H10Br2N2O2. The molecular weight excluding hydrogens is 376 g/mol.